The van der Waals surface area contributed by atoms with Gasteiger partial charge >= 0.3 is 0 Å². The molecule has 0 N–H and O–H groups in total. The third kappa shape index (κ3) is 5.23. The summed E-state index contributed by atoms with van der Waals surface area (Å²) in [5.74, 6) is 0.119. The van der Waals surface area contributed by atoms with Crippen molar-refractivity contribution in [2.45, 2.75) is 45.1 Å². The molecule has 0 bridgehead atoms. The van der Waals surface area contributed by atoms with E-state index in [1.54, 1.807) is 4.90 Å². The van der Waals surface area contributed by atoms with Crippen LogP contribution in [0.3, 0.4) is 0 Å². The number of carbonyl (C=O) groups is 1. The number of hydrogen-bond donors (Lipinski definition) is 0. The van der Waals surface area contributed by atoms with Gasteiger partial charge in [-0.05, 0) is 38.2 Å². The van der Waals surface area contributed by atoms with Crippen LogP contribution in [0.4, 0.5) is 0 Å². The van der Waals surface area contributed by atoms with Crippen LogP contribution < -0.4 is 0 Å². The van der Waals surface area contributed by atoms with Crippen molar-refractivity contribution in [3.05, 3.63) is 48.0 Å². The van der Waals surface area contributed by atoms with Crippen LogP contribution in [0.25, 0.3) is 0 Å². The van der Waals surface area contributed by atoms with E-state index < -0.39 is 0 Å². The van der Waals surface area contributed by atoms with Gasteiger partial charge in [0.15, 0.2) is 0 Å². The molecular formula is C19H26N2O2. The molecule has 1 heterocycles. The van der Waals surface area contributed by atoms with Crippen molar-refractivity contribution in [3.63, 3.8) is 0 Å². The number of hydrogen-bond acceptors (Lipinski definition) is 3. The van der Waals surface area contributed by atoms with E-state index in [9.17, 15) is 4.79 Å². The fraction of sp³-hybridized carbons (Fsp3) is 0.474. The Balaban J connectivity index is 1.82. The summed E-state index contributed by atoms with van der Waals surface area (Å²) in [6, 6.07) is 8.28. The summed E-state index contributed by atoms with van der Waals surface area (Å²) in [6.07, 6.45) is 5.73. The second kappa shape index (κ2) is 8.51. The molecule has 124 valence electrons. The van der Waals surface area contributed by atoms with Gasteiger partial charge in [0.2, 0.25) is 5.91 Å². The van der Waals surface area contributed by atoms with Gasteiger partial charge in [-0.25, -0.2) is 0 Å². The number of oxime groups is 1. The molecule has 4 heteroatoms. The molecule has 0 aliphatic carbocycles. The minimum Gasteiger partial charge on any atom is -0.392 e. The summed E-state index contributed by atoms with van der Waals surface area (Å²) >= 11 is 0. The molecule has 0 spiro atoms. The molecule has 23 heavy (non-hydrogen) atoms. The standard InChI is InChI=1S/C19H26N2O2/c1-4-5-6-13-21(3)19(22)14-17-11-12-18(20-23-17)16-9-7-15(2)8-10-16/h4,7-10,17H,1,5-6,11-14H2,2-3H3. The lowest BCUT2D eigenvalue weighted by molar-refractivity contribution is -0.133. The normalized spacial score (nSPS) is 17.1. The van der Waals surface area contributed by atoms with E-state index in [4.69, 9.17) is 4.84 Å². The molecule has 0 radical (unpaired) electrons. The van der Waals surface area contributed by atoms with Crippen molar-refractivity contribution >= 4 is 11.6 Å². The number of benzene rings is 1. The van der Waals surface area contributed by atoms with E-state index >= 15 is 0 Å². The smallest absolute Gasteiger partial charge is 0.226 e. The third-order valence-corrected chi connectivity index (χ3v) is 4.13. The minimum atomic E-state index is -0.112. The molecule has 0 saturated heterocycles. The molecule has 1 amide bonds. The second-order valence-electron chi connectivity index (χ2n) is 6.12. The second-order valence-corrected chi connectivity index (χ2v) is 6.12. The molecular weight excluding hydrogens is 288 g/mol. The summed E-state index contributed by atoms with van der Waals surface area (Å²) in [4.78, 5) is 19.5. The van der Waals surface area contributed by atoms with Gasteiger partial charge in [0.05, 0.1) is 12.1 Å². The van der Waals surface area contributed by atoms with E-state index in [0.29, 0.717) is 6.42 Å². The van der Waals surface area contributed by atoms with Gasteiger partial charge in [0.25, 0.3) is 0 Å². The lowest BCUT2D eigenvalue weighted by Crippen LogP contribution is -2.32. The molecule has 1 aromatic carbocycles. The van der Waals surface area contributed by atoms with Gasteiger partial charge in [0.1, 0.15) is 6.10 Å². The molecule has 1 aromatic rings. The van der Waals surface area contributed by atoms with Crippen molar-refractivity contribution in [1.82, 2.24) is 4.90 Å². The topological polar surface area (TPSA) is 41.9 Å². The number of aryl methyl sites for hydroxylation is 1. The average Bonchev–Trinajstić information content (AvgIpc) is 2.56. The quantitative estimate of drug-likeness (QED) is 0.569. The monoisotopic (exact) mass is 314 g/mol. The first-order valence-electron chi connectivity index (χ1n) is 8.24. The number of amides is 1. The molecule has 2 rings (SSSR count). The predicted molar refractivity (Wildman–Crippen MR) is 93.5 cm³/mol. The Morgan fingerprint density at radius 2 is 2.17 bits per heavy atom. The largest absolute Gasteiger partial charge is 0.392 e. The first-order chi connectivity index (χ1) is 11.1. The zero-order valence-corrected chi connectivity index (χ0v) is 14.1. The maximum absolute atomic E-state index is 12.2. The van der Waals surface area contributed by atoms with Crippen LogP contribution in [0.1, 0.15) is 43.2 Å². The van der Waals surface area contributed by atoms with E-state index in [2.05, 4.69) is 42.9 Å². The van der Waals surface area contributed by atoms with Crippen LogP contribution in [-0.4, -0.2) is 36.2 Å². The Kier molecular flexibility index (Phi) is 6.39. The molecule has 0 aromatic heterocycles. The lowest BCUT2D eigenvalue weighted by atomic mass is 10.0. The summed E-state index contributed by atoms with van der Waals surface area (Å²) in [5.41, 5.74) is 3.30. The van der Waals surface area contributed by atoms with Crippen molar-refractivity contribution in [3.8, 4) is 0 Å². The van der Waals surface area contributed by atoms with E-state index in [1.165, 1.54) is 5.56 Å². The van der Waals surface area contributed by atoms with Gasteiger partial charge in [-0.1, -0.05) is 41.1 Å². The zero-order valence-electron chi connectivity index (χ0n) is 14.1. The van der Waals surface area contributed by atoms with E-state index in [-0.39, 0.29) is 12.0 Å². The van der Waals surface area contributed by atoms with Crippen LogP contribution in [-0.2, 0) is 9.63 Å². The Morgan fingerprint density at radius 1 is 1.43 bits per heavy atom. The van der Waals surface area contributed by atoms with E-state index in [1.807, 2.05) is 13.1 Å². The maximum atomic E-state index is 12.2. The zero-order chi connectivity index (χ0) is 16.7. The highest BCUT2D eigenvalue weighted by Crippen LogP contribution is 2.19. The average molecular weight is 314 g/mol. The van der Waals surface area contributed by atoms with Crippen LogP contribution in [0, 0.1) is 6.92 Å². The van der Waals surface area contributed by atoms with Crippen molar-refractivity contribution in [1.29, 1.82) is 0 Å². The highest BCUT2D eigenvalue weighted by atomic mass is 16.6. The number of carbonyl (C=O) groups excluding carboxylic acids is 1. The molecule has 1 aliphatic heterocycles. The van der Waals surface area contributed by atoms with Gasteiger partial charge in [-0.2, -0.15) is 0 Å². The molecule has 1 unspecified atom stereocenters. The number of unbranched alkanes of at least 4 members (excludes halogenated alkanes) is 1. The maximum Gasteiger partial charge on any atom is 0.226 e. The summed E-state index contributed by atoms with van der Waals surface area (Å²) in [7, 11) is 1.84. The first kappa shape index (κ1) is 17.3. The molecule has 4 nitrogen and oxygen atoms in total. The van der Waals surface area contributed by atoms with Crippen molar-refractivity contribution in [2.24, 2.45) is 5.16 Å². The highest BCUT2D eigenvalue weighted by Gasteiger charge is 2.22. The van der Waals surface area contributed by atoms with Gasteiger partial charge in [-0.3, -0.25) is 4.79 Å². The lowest BCUT2D eigenvalue weighted by Gasteiger charge is -2.23. The van der Waals surface area contributed by atoms with Crippen LogP contribution >= 0.6 is 0 Å². The summed E-state index contributed by atoms with van der Waals surface area (Å²) in [5, 5.41) is 4.23. The summed E-state index contributed by atoms with van der Waals surface area (Å²) < 4.78 is 0. The van der Waals surface area contributed by atoms with Crippen LogP contribution in [0.15, 0.2) is 42.1 Å². The SMILES string of the molecule is C=CCCCN(C)C(=O)CC1CCC(c2ccc(C)cc2)=NO1. The van der Waals surface area contributed by atoms with Gasteiger partial charge in [-0.15, -0.1) is 6.58 Å². The van der Waals surface area contributed by atoms with E-state index in [0.717, 1.165) is 43.5 Å². The van der Waals surface area contributed by atoms with Gasteiger partial charge < -0.3 is 9.74 Å². The fourth-order valence-electron chi connectivity index (χ4n) is 2.56. The van der Waals surface area contributed by atoms with Gasteiger partial charge in [0, 0.05) is 13.6 Å². The predicted octanol–water partition coefficient (Wildman–Crippen LogP) is 3.69. The van der Waals surface area contributed by atoms with Crippen molar-refractivity contribution < 1.29 is 9.63 Å². The molecule has 1 atom stereocenters. The Bertz CT molecular complexity index is 563. The molecule has 0 fully saturated rings. The Morgan fingerprint density at radius 3 is 2.78 bits per heavy atom. The number of allylic oxidation sites excluding steroid dienone is 1. The molecule has 1 aliphatic rings. The third-order valence-electron chi connectivity index (χ3n) is 4.13. The number of rotatable bonds is 7. The van der Waals surface area contributed by atoms with Crippen LogP contribution in [0.2, 0.25) is 0 Å². The Labute approximate surface area is 138 Å². The number of nitrogens with zero attached hydrogens (tertiary/aromatic N) is 2. The first-order valence-corrected chi connectivity index (χ1v) is 8.24. The minimum absolute atomic E-state index is 0.112. The fourth-order valence-corrected chi connectivity index (χ4v) is 2.56. The van der Waals surface area contributed by atoms with Crippen LogP contribution in [0.5, 0.6) is 0 Å². The Hall–Kier alpha value is -2.10. The van der Waals surface area contributed by atoms with Crippen molar-refractivity contribution in [2.75, 3.05) is 13.6 Å². The summed E-state index contributed by atoms with van der Waals surface area (Å²) in [6.45, 7) is 6.52. The highest BCUT2D eigenvalue weighted by molar-refractivity contribution is 6.00. The molecule has 0 saturated carbocycles.